The first-order valence-electron chi connectivity index (χ1n) is 5.92. The van der Waals surface area contributed by atoms with Gasteiger partial charge < -0.3 is 5.11 Å². The van der Waals surface area contributed by atoms with Crippen LogP contribution in [-0.4, -0.2) is 5.11 Å². The van der Waals surface area contributed by atoms with Crippen LogP contribution in [0.15, 0.2) is 18.2 Å². The maximum atomic E-state index is 13.0. The second kappa shape index (κ2) is 4.74. The molecular weight excluding hydrogens is 265 g/mol. The molecule has 1 nitrogen and oxygen atoms in total. The van der Waals surface area contributed by atoms with Gasteiger partial charge in [0.05, 0.1) is 11.2 Å². The summed E-state index contributed by atoms with van der Waals surface area (Å²) in [7, 11) is 0. The molecule has 2 rings (SSSR count). The fourth-order valence-electron chi connectivity index (χ4n) is 2.56. The number of benzene rings is 1. The average Bonchev–Trinajstić information content (AvgIpc) is 2.28. The van der Waals surface area contributed by atoms with Gasteiger partial charge >= 0.3 is 6.18 Å². The van der Waals surface area contributed by atoms with E-state index in [9.17, 15) is 18.3 Å². The lowest BCUT2D eigenvalue weighted by Crippen LogP contribution is -2.31. The maximum absolute atomic E-state index is 13.0. The van der Waals surface area contributed by atoms with E-state index < -0.39 is 17.3 Å². The summed E-state index contributed by atoms with van der Waals surface area (Å²) in [6, 6.07) is 3.60. The third-order valence-electron chi connectivity index (χ3n) is 3.47. The minimum absolute atomic E-state index is 0.0329. The topological polar surface area (TPSA) is 20.2 Å². The number of hydrogen-bond acceptors (Lipinski definition) is 1. The van der Waals surface area contributed by atoms with E-state index in [4.69, 9.17) is 11.6 Å². The van der Waals surface area contributed by atoms with Gasteiger partial charge in [0.15, 0.2) is 0 Å². The molecule has 1 aromatic rings. The normalized spacial score (nSPS) is 19.8. The van der Waals surface area contributed by atoms with Crippen molar-refractivity contribution in [2.24, 2.45) is 0 Å². The molecule has 0 saturated heterocycles. The maximum Gasteiger partial charge on any atom is 0.416 e. The van der Waals surface area contributed by atoms with Crippen LogP contribution in [0.3, 0.4) is 0 Å². The first-order valence-corrected chi connectivity index (χ1v) is 6.30. The summed E-state index contributed by atoms with van der Waals surface area (Å²) in [5, 5.41) is 10.5. The Morgan fingerprint density at radius 3 is 2.28 bits per heavy atom. The molecule has 0 spiro atoms. The Labute approximate surface area is 109 Å². The van der Waals surface area contributed by atoms with Gasteiger partial charge in [-0.05, 0) is 30.5 Å². The van der Waals surface area contributed by atoms with E-state index in [0.29, 0.717) is 12.8 Å². The largest absolute Gasteiger partial charge is 0.416 e. The van der Waals surface area contributed by atoms with Gasteiger partial charge in [-0.15, -0.1) is 0 Å². The molecule has 100 valence electrons. The predicted molar refractivity (Wildman–Crippen MR) is 63.4 cm³/mol. The molecule has 0 atom stereocenters. The van der Waals surface area contributed by atoms with Gasteiger partial charge in [-0.25, -0.2) is 0 Å². The van der Waals surface area contributed by atoms with Crippen molar-refractivity contribution in [2.45, 2.75) is 43.9 Å². The Hall–Kier alpha value is -0.740. The number of aliphatic hydroxyl groups is 1. The lowest BCUT2D eigenvalue weighted by Gasteiger charge is -2.34. The Bertz CT molecular complexity index is 436. The second-order valence-corrected chi connectivity index (χ2v) is 5.22. The van der Waals surface area contributed by atoms with Crippen LogP contribution in [0.1, 0.15) is 43.2 Å². The highest BCUT2D eigenvalue weighted by molar-refractivity contribution is 6.30. The van der Waals surface area contributed by atoms with Crippen LogP contribution in [0.25, 0.3) is 0 Å². The monoisotopic (exact) mass is 278 g/mol. The molecule has 0 bridgehead atoms. The summed E-state index contributed by atoms with van der Waals surface area (Å²) in [6.07, 6.45) is -1.30. The molecule has 0 radical (unpaired) electrons. The van der Waals surface area contributed by atoms with Crippen LogP contribution in [0, 0.1) is 0 Å². The van der Waals surface area contributed by atoms with Crippen LogP contribution in [0.2, 0.25) is 5.02 Å². The fourth-order valence-corrected chi connectivity index (χ4v) is 2.73. The molecule has 1 saturated carbocycles. The number of hydrogen-bond donors (Lipinski definition) is 1. The van der Waals surface area contributed by atoms with E-state index in [0.717, 1.165) is 25.3 Å². The summed E-state index contributed by atoms with van der Waals surface area (Å²) >= 11 is 5.63. The van der Waals surface area contributed by atoms with Crippen LogP contribution in [0.5, 0.6) is 0 Å². The van der Waals surface area contributed by atoms with Crippen LogP contribution in [-0.2, 0) is 11.8 Å². The minimum atomic E-state index is -4.49. The molecule has 1 fully saturated rings. The number of halogens is 4. The lowest BCUT2D eigenvalue weighted by molar-refractivity contribution is -0.141. The zero-order chi connectivity index (χ0) is 13.4. The van der Waals surface area contributed by atoms with Crippen molar-refractivity contribution in [2.75, 3.05) is 0 Å². The van der Waals surface area contributed by atoms with E-state index in [-0.39, 0.29) is 10.6 Å². The highest BCUT2D eigenvalue weighted by Crippen LogP contribution is 2.43. The molecular formula is C13H14ClF3O. The quantitative estimate of drug-likeness (QED) is 0.801. The van der Waals surface area contributed by atoms with Gasteiger partial charge in [0.25, 0.3) is 0 Å². The van der Waals surface area contributed by atoms with E-state index in [1.807, 2.05) is 0 Å². The van der Waals surface area contributed by atoms with Crippen molar-refractivity contribution >= 4 is 11.6 Å². The Balaban J connectivity index is 2.49. The molecule has 5 heteroatoms. The minimum Gasteiger partial charge on any atom is -0.385 e. The molecule has 0 unspecified atom stereocenters. The number of alkyl halides is 3. The third-order valence-corrected chi connectivity index (χ3v) is 3.70. The van der Waals surface area contributed by atoms with Gasteiger partial charge in [-0.1, -0.05) is 36.9 Å². The summed E-state index contributed by atoms with van der Waals surface area (Å²) < 4.78 is 39.0. The van der Waals surface area contributed by atoms with Crippen molar-refractivity contribution in [3.8, 4) is 0 Å². The van der Waals surface area contributed by atoms with Crippen molar-refractivity contribution < 1.29 is 18.3 Å². The van der Waals surface area contributed by atoms with Gasteiger partial charge in [-0.2, -0.15) is 13.2 Å². The molecule has 18 heavy (non-hydrogen) atoms. The average molecular weight is 279 g/mol. The van der Waals surface area contributed by atoms with Gasteiger partial charge in [0, 0.05) is 5.02 Å². The molecule has 1 aliphatic carbocycles. The van der Waals surface area contributed by atoms with Gasteiger partial charge in [0.1, 0.15) is 0 Å². The van der Waals surface area contributed by atoms with Crippen molar-refractivity contribution in [1.82, 2.24) is 0 Å². The van der Waals surface area contributed by atoms with Crippen LogP contribution >= 0.6 is 11.6 Å². The Morgan fingerprint density at radius 1 is 1.11 bits per heavy atom. The zero-order valence-electron chi connectivity index (χ0n) is 9.73. The summed E-state index contributed by atoms with van der Waals surface area (Å²) in [5.41, 5.74) is -2.23. The predicted octanol–water partition coefficient (Wildman–Crippen LogP) is 4.51. The van der Waals surface area contributed by atoms with E-state index in [1.165, 1.54) is 12.1 Å². The standard InChI is InChI=1S/C13H14ClF3O/c14-9-4-5-10(11(8-9)13(15,16)17)12(18)6-2-1-3-7-12/h4-5,8,18H,1-3,6-7H2. The molecule has 0 aromatic heterocycles. The summed E-state index contributed by atoms with van der Waals surface area (Å²) in [4.78, 5) is 0. The fraction of sp³-hybridized carbons (Fsp3) is 0.538. The highest BCUT2D eigenvalue weighted by atomic mass is 35.5. The zero-order valence-corrected chi connectivity index (χ0v) is 10.5. The smallest absolute Gasteiger partial charge is 0.385 e. The van der Waals surface area contributed by atoms with E-state index in [1.54, 1.807) is 0 Å². The Kier molecular flexibility index (Phi) is 3.60. The van der Waals surface area contributed by atoms with Crippen LogP contribution < -0.4 is 0 Å². The lowest BCUT2D eigenvalue weighted by atomic mass is 9.78. The van der Waals surface area contributed by atoms with Crippen molar-refractivity contribution in [3.63, 3.8) is 0 Å². The Morgan fingerprint density at radius 2 is 1.72 bits per heavy atom. The summed E-state index contributed by atoms with van der Waals surface area (Å²) in [5.74, 6) is 0. The molecule has 0 aliphatic heterocycles. The first kappa shape index (κ1) is 13.7. The molecule has 1 aliphatic rings. The van der Waals surface area contributed by atoms with Gasteiger partial charge in [-0.3, -0.25) is 0 Å². The van der Waals surface area contributed by atoms with Crippen molar-refractivity contribution in [1.29, 1.82) is 0 Å². The van der Waals surface area contributed by atoms with E-state index in [2.05, 4.69) is 0 Å². The SMILES string of the molecule is OC1(c2ccc(Cl)cc2C(F)(F)F)CCCCC1. The molecule has 1 N–H and O–H groups in total. The molecule has 0 heterocycles. The third kappa shape index (κ3) is 2.64. The first-order chi connectivity index (χ1) is 8.33. The molecule has 1 aromatic carbocycles. The second-order valence-electron chi connectivity index (χ2n) is 4.78. The van der Waals surface area contributed by atoms with Gasteiger partial charge in [0.2, 0.25) is 0 Å². The van der Waals surface area contributed by atoms with Crippen LogP contribution in [0.4, 0.5) is 13.2 Å². The molecule has 0 amide bonds. The number of rotatable bonds is 1. The summed E-state index contributed by atoms with van der Waals surface area (Å²) in [6.45, 7) is 0. The van der Waals surface area contributed by atoms with E-state index >= 15 is 0 Å². The highest BCUT2D eigenvalue weighted by Gasteiger charge is 2.41. The van der Waals surface area contributed by atoms with Crippen molar-refractivity contribution in [3.05, 3.63) is 34.3 Å².